The zero-order chi connectivity index (χ0) is 36.2. The molecule has 8 aromatic rings. The number of hydrogen-bond donors (Lipinski definition) is 0. The number of fused-ring (bicyclic) bond motifs is 9. The molecule has 1 aliphatic heterocycles. The van der Waals surface area contributed by atoms with Crippen LogP contribution in [0.1, 0.15) is 36.1 Å². The molecule has 1 aromatic heterocycles. The lowest BCUT2D eigenvalue weighted by Crippen LogP contribution is -2.15. The topological polar surface area (TPSA) is 38.7 Å². The van der Waals surface area contributed by atoms with Crippen LogP contribution in [0.2, 0.25) is 0 Å². The monoisotopic (exact) mass is 709 g/mol. The predicted molar refractivity (Wildman–Crippen MR) is 224 cm³/mol. The lowest BCUT2D eigenvalue weighted by atomic mass is 9.82. The smallest absolute Gasteiger partial charge is 0.164 e. The fourth-order valence-corrected chi connectivity index (χ4v) is 9.13. The Hall–Kier alpha value is -6.36. The maximum Gasteiger partial charge on any atom is 0.164 e. The Labute approximate surface area is 320 Å². The SMILES string of the molecule is CC1(C)c2ccccc2-c2cc3c(cc21)Sc1ccccc1-c1ccccc1/C=C\c1ccc(-c2nc(-c4ccccc4)nc(-c4ccccc4)n2)cc1-3. The Bertz CT molecular complexity index is 2710. The quantitative estimate of drug-likeness (QED) is 0.183. The molecule has 3 nitrogen and oxygen atoms in total. The van der Waals surface area contributed by atoms with Crippen LogP contribution in [0.4, 0.5) is 0 Å². The second-order valence-corrected chi connectivity index (χ2v) is 15.5. The van der Waals surface area contributed by atoms with Crippen LogP contribution in [0.15, 0.2) is 174 Å². The van der Waals surface area contributed by atoms with Gasteiger partial charge in [0.25, 0.3) is 0 Å². The Morgan fingerprint density at radius 2 is 0.926 bits per heavy atom. The molecule has 0 saturated heterocycles. The van der Waals surface area contributed by atoms with Crippen molar-refractivity contribution in [1.29, 1.82) is 0 Å². The minimum Gasteiger partial charge on any atom is -0.208 e. The number of nitrogens with zero attached hydrogens (tertiary/aromatic N) is 3. The van der Waals surface area contributed by atoms with Crippen molar-refractivity contribution in [3.63, 3.8) is 0 Å². The Morgan fingerprint density at radius 3 is 1.63 bits per heavy atom. The molecule has 0 unspecified atom stereocenters. The molecule has 0 amide bonds. The molecule has 256 valence electrons. The number of aromatic nitrogens is 3. The first-order chi connectivity index (χ1) is 26.5. The molecule has 0 bridgehead atoms. The van der Waals surface area contributed by atoms with E-state index in [9.17, 15) is 0 Å². The first kappa shape index (κ1) is 32.3. The van der Waals surface area contributed by atoms with Crippen molar-refractivity contribution in [2.24, 2.45) is 0 Å². The van der Waals surface area contributed by atoms with Gasteiger partial charge in [-0.25, -0.2) is 15.0 Å². The zero-order valence-corrected chi connectivity index (χ0v) is 30.8. The molecule has 0 N–H and O–H groups in total. The molecule has 0 saturated carbocycles. The van der Waals surface area contributed by atoms with E-state index in [1.54, 1.807) is 0 Å². The summed E-state index contributed by atoms with van der Waals surface area (Å²) in [5.41, 5.74) is 15.1. The Kier molecular flexibility index (Phi) is 7.74. The van der Waals surface area contributed by atoms with Crippen LogP contribution >= 0.6 is 11.8 Å². The highest BCUT2D eigenvalue weighted by Gasteiger charge is 2.36. The summed E-state index contributed by atoms with van der Waals surface area (Å²) in [5.74, 6) is 1.94. The van der Waals surface area contributed by atoms with Gasteiger partial charge in [0, 0.05) is 31.9 Å². The predicted octanol–water partition coefficient (Wildman–Crippen LogP) is 13.1. The third-order valence-corrected chi connectivity index (χ3v) is 11.9. The molecular weight excluding hydrogens is 675 g/mol. The van der Waals surface area contributed by atoms with E-state index in [1.807, 2.05) is 48.2 Å². The van der Waals surface area contributed by atoms with E-state index in [0.717, 1.165) is 27.8 Å². The van der Waals surface area contributed by atoms with Gasteiger partial charge in [0.2, 0.25) is 0 Å². The summed E-state index contributed by atoms with van der Waals surface area (Å²) in [6, 6.07) is 58.3. The summed E-state index contributed by atoms with van der Waals surface area (Å²) in [4.78, 5) is 17.6. The van der Waals surface area contributed by atoms with Crippen LogP contribution < -0.4 is 0 Å². The van der Waals surface area contributed by atoms with Crippen LogP contribution in [0.5, 0.6) is 0 Å². The van der Waals surface area contributed by atoms with Crippen molar-refractivity contribution in [3.05, 3.63) is 186 Å². The van der Waals surface area contributed by atoms with Crippen molar-refractivity contribution in [2.75, 3.05) is 0 Å². The van der Waals surface area contributed by atoms with Gasteiger partial charge in [-0.1, -0.05) is 177 Å². The molecule has 54 heavy (non-hydrogen) atoms. The van der Waals surface area contributed by atoms with Crippen molar-refractivity contribution in [3.8, 4) is 67.5 Å². The van der Waals surface area contributed by atoms with Crippen molar-refractivity contribution >= 4 is 23.9 Å². The largest absolute Gasteiger partial charge is 0.208 e. The highest BCUT2D eigenvalue weighted by molar-refractivity contribution is 7.99. The van der Waals surface area contributed by atoms with Crippen molar-refractivity contribution < 1.29 is 0 Å². The summed E-state index contributed by atoms with van der Waals surface area (Å²) < 4.78 is 0. The van der Waals surface area contributed by atoms with Gasteiger partial charge < -0.3 is 0 Å². The van der Waals surface area contributed by atoms with Crippen LogP contribution in [0, 0.1) is 0 Å². The average molecular weight is 710 g/mol. The maximum absolute atomic E-state index is 5.12. The van der Waals surface area contributed by atoms with Gasteiger partial charge in [-0.3, -0.25) is 0 Å². The van der Waals surface area contributed by atoms with E-state index in [0.29, 0.717) is 17.5 Å². The third-order valence-electron chi connectivity index (χ3n) is 10.8. The Balaban J connectivity index is 1.24. The van der Waals surface area contributed by atoms with Gasteiger partial charge in [-0.15, -0.1) is 0 Å². The fraction of sp³-hybridized carbons (Fsp3) is 0.0600. The average Bonchev–Trinajstić information content (AvgIpc) is 3.44. The summed E-state index contributed by atoms with van der Waals surface area (Å²) in [7, 11) is 0. The first-order valence-corrected chi connectivity index (χ1v) is 19.2. The minimum absolute atomic E-state index is 0.128. The van der Waals surface area contributed by atoms with Gasteiger partial charge in [-0.05, 0) is 79.9 Å². The van der Waals surface area contributed by atoms with Crippen molar-refractivity contribution in [2.45, 2.75) is 29.1 Å². The number of rotatable bonds is 3. The maximum atomic E-state index is 5.12. The van der Waals surface area contributed by atoms with Crippen molar-refractivity contribution in [1.82, 2.24) is 15.0 Å². The summed E-state index contributed by atoms with van der Waals surface area (Å²) in [6.45, 7) is 4.71. The second kappa shape index (κ2) is 12.9. The van der Waals surface area contributed by atoms with Crippen LogP contribution in [0.3, 0.4) is 0 Å². The molecule has 1 aliphatic carbocycles. The molecular formula is C50H35N3S. The number of benzene rings is 7. The molecule has 10 rings (SSSR count). The van der Waals surface area contributed by atoms with E-state index in [1.165, 1.54) is 54.3 Å². The van der Waals surface area contributed by atoms with Crippen LogP contribution in [-0.4, -0.2) is 15.0 Å². The zero-order valence-electron chi connectivity index (χ0n) is 30.0. The second-order valence-electron chi connectivity index (χ2n) is 14.4. The fourth-order valence-electron chi connectivity index (χ4n) is 8.00. The summed E-state index contributed by atoms with van der Waals surface area (Å²) >= 11 is 1.85. The van der Waals surface area contributed by atoms with E-state index in [2.05, 4.69) is 153 Å². The Morgan fingerprint density at radius 1 is 0.370 bits per heavy atom. The van der Waals surface area contributed by atoms with Gasteiger partial charge in [-0.2, -0.15) is 0 Å². The minimum atomic E-state index is -0.128. The van der Waals surface area contributed by atoms with Gasteiger partial charge in [0.05, 0.1) is 0 Å². The molecule has 2 heterocycles. The summed E-state index contributed by atoms with van der Waals surface area (Å²) in [5, 5.41) is 0. The third kappa shape index (κ3) is 5.50. The summed E-state index contributed by atoms with van der Waals surface area (Å²) in [6.07, 6.45) is 4.53. The van der Waals surface area contributed by atoms with E-state index in [-0.39, 0.29) is 5.41 Å². The van der Waals surface area contributed by atoms with Crippen LogP contribution in [-0.2, 0) is 5.41 Å². The molecule has 0 fully saturated rings. The van der Waals surface area contributed by atoms with E-state index in [4.69, 9.17) is 15.0 Å². The van der Waals surface area contributed by atoms with Gasteiger partial charge in [0.1, 0.15) is 0 Å². The lowest BCUT2D eigenvalue weighted by molar-refractivity contribution is 0.659. The van der Waals surface area contributed by atoms with Gasteiger partial charge >= 0.3 is 0 Å². The normalized spacial score (nSPS) is 14.0. The molecule has 0 atom stereocenters. The van der Waals surface area contributed by atoms with E-state index >= 15 is 0 Å². The highest BCUT2D eigenvalue weighted by atomic mass is 32.2. The molecule has 4 heteroatoms. The molecule has 0 radical (unpaired) electrons. The molecule has 7 aromatic carbocycles. The number of hydrogen-bond acceptors (Lipinski definition) is 4. The van der Waals surface area contributed by atoms with E-state index < -0.39 is 0 Å². The highest BCUT2D eigenvalue weighted by Crippen LogP contribution is 2.53. The van der Waals surface area contributed by atoms with Gasteiger partial charge in [0.15, 0.2) is 17.5 Å². The molecule has 0 spiro atoms. The standard InChI is InChI=1S/C50H35N3S/c1-50(2)43-23-13-11-21-38(43)41-30-42-40-29-36(49-52-47(34-16-5-3-6-17-34)51-48(53-49)35-18-7-4-8-19-35)28-27-33(40)26-25-32-15-9-10-20-37(32)39-22-12-14-24-45(39)54-46(42)31-44(41)50/h3-31H,1-2H3/b26-25-. The molecule has 2 aliphatic rings. The first-order valence-electron chi connectivity index (χ1n) is 18.4. The van der Waals surface area contributed by atoms with Crippen LogP contribution in [0.25, 0.3) is 79.7 Å². The lowest BCUT2D eigenvalue weighted by Gasteiger charge is -2.23.